The average molecular weight is 127 g/mol. The van der Waals surface area contributed by atoms with Crippen LogP contribution in [0.15, 0.2) is 12.7 Å². The quantitative estimate of drug-likeness (QED) is 0.413. The largest absolute Gasteiger partial charge is 0.349 e. The maximum absolute atomic E-state index is 10.0. The van der Waals surface area contributed by atoms with Crippen molar-refractivity contribution in [2.45, 2.75) is 12.5 Å². The van der Waals surface area contributed by atoms with Crippen molar-refractivity contribution < 1.29 is 9.59 Å². The summed E-state index contributed by atoms with van der Waals surface area (Å²) in [6, 6.07) is -0.403. The van der Waals surface area contributed by atoms with Crippen molar-refractivity contribution in [1.82, 2.24) is 5.32 Å². The number of hydrogen-bond donors (Lipinski definition) is 1. The van der Waals surface area contributed by atoms with E-state index in [0.29, 0.717) is 19.1 Å². The van der Waals surface area contributed by atoms with Gasteiger partial charge in [-0.15, -0.1) is 6.58 Å². The minimum atomic E-state index is -0.403. The Kier molecular flexibility index (Phi) is 4.40. The first-order valence-electron chi connectivity index (χ1n) is 2.61. The molecule has 0 aromatic heterocycles. The van der Waals surface area contributed by atoms with Crippen LogP contribution in [0.3, 0.4) is 0 Å². The average Bonchev–Trinajstić information content (AvgIpc) is 1.88. The molecule has 0 rings (SSSR count). The molecule has 1 N–H and O–H groups in total. The van der Waals surface area contributed by atoms with Gasteiger partial charge in [-0.25, -0.2) is 0 Å². The van der Waals surface area contributed by atoms with Gasteiger partial charge in [0.15, 0.2) is 0 Å². The van der Waals surface area contributed by atoms with Gasteiger partial charge in [0.25, 0.3) is 0 Å². The highest BCUT2D eigenvalue weighted by Crippen LogP contribution is 1.85. The molecule has 50 valence electrons. The first-order chi connectivity index (χ1) is 4.35. The lowest BCUT2D eigenvalue weighted by Gasteiger charge is -2.02. The molecule has 0 bridgehead atoms. The molecule has 0 aliphatic rings. The maximum Gasteiger partial charge on any atom is 0.207 e. The van der Waals surface area contributed by atoms with Crippen LogP contribution >= 0.6 is 0 Å². The number of carbonyl (C=O) groups is 2. The van der Waals surface area contributed by atoms with E-state index < -0.39 is 6.04 Å². The van der Waals surface area contributed by atoms with Crippen LogP contribution in [-0.4, -0.2) is 18.7 Å². The summed E-state index contributed by atoms with van der Waals surface area (Å²) in [6.07, 6.45) is 3.25. The first kappa shape index (κ1) is 7.88. The summed E-state index contributed by atoms with van der Waals surface area (Å²) in [5, 5.41) is 2.31. The minimum absolute atomic E-state index is 0.403. The number of carbonyl (C=O) groups excluding carboxylic acids is 2. The van der Waals surface area contributed by atoms with Gasteiger partial charge in [0, 0.05) is 0 Å². The second kappa shape index (κ2) is 5.03. The summed E-state index contributed by atoms with van der Waals surface area (Å²) in [5.74, 6) is 0. The summed E-state index contributed by atoms with van der Waals surface area (Å²) in [4.78, 5) is 19.8. The van der Waals surface area contributed by atoms with Gasteiger partial charge < -0.3 is 10.1 Å². The summed E-state index contributed by atoms with van der Waals surface area (Å²) in [7, 11) is 0. The van der Waals surface area contributed by atoms with Crippen LogP contribution < -0.4 is 5.32 Å². The highest BCUT2D eigenvalue weighted by molar-refractivity contribution is 5.63. The van der Waals surface area contributed by atoms with Crippen LogP contribution in [0.2, 0.25) is 0 Å². The molecule has 0 aliphatic heterocycles. The molecule has 0 spiro atoms. The zero-order chi connectivity index (χ0) is 7.11. The van der Waals surface area contributed by atoms with Gasteiger partial charge in [-0.3, -0.25) is 4.79 Å². The lowest BCUT2D eigenvalue weighted by Crippen LogP contribution is -2.28. The summed E-state index contributed by atoms with van der Waals surface area (Å²) in [5.41, 5.74) is 0. The topological polar surface area (TPSA) is 46.2 Å². The predicted molar refractivity (Wildman–Crippen MR) is 33.9 cm³/mol. The van der Waals surface area contributed by atoms with Crippen molar-refractivity contribution in [2.24, 2.45) is 0 Å². The van der Waals surface area contributed by atoms with Gasteiger partial charge >= 0.3 is 0 Å². The fourth-order valence-electron chi connectivity index (χ4n) is 0.430. The summed E-state index contributed by atoms with van der Waals surface area (Å²) in [6.45, 7) is 3.42. The van der Waals surface area contributed by atoms with Crippen molar-refractivity contribution in [3.8, 4) is 0 Å². The van der Waals surface area contributed by atoms with Crippen LogP contribution in [-0.2, 0) is 9.59 Å². The van der Waals surface area contributed by atoms with Crippen molar-refractivity contribution in [3.05, 3.63) is 12.7 Å². The Morgan fingerprint density at radius 3 is 2.56 bits per heavy atom. The number of amides is 1. The zero-order valence-electron chi connectivity index (χ0n) is 5.04. The molecule has 0 saturated heterocycles. The lowest BCUT2D eigenvalue weighted by atomic mass is 10.2. The molecule has 0 aliphatic carbocycles. The van der Waals surface area contributed by atoms with Crippen LogP contribution in [0, 0.1) is 0 Å². The second-order valence-corrected chi connectivity index (χ2v) is 1.55. The Balaban J connectivity index is 3.51. The Hall–Kier alpha value is -1.12. The first-order valence-corrected chi connectivity index (χ1v) is 2.61. The van der Waals surface area contributed by atoms with E-state index in [9.17, 15) is 9.59 Å². The molecule has 1 amide bonds. The Morgan fingerprint density at radius 2 is 2.22 bits per heavy atom. The summed E-state index contributed by atoms with van der Waals surface area (Å²) < 4.78 is 0. The molecule has 1 atom stereocenters. The maximum atomic E-state index is 10.0. The fraction of sp³-hybridized carbons (Fsp3) is 0.333. The molecule has 0 unspecified atom stereocenters. The molecule has 9 heavy (non-hydrogen) atoms. The highest BCUT2D eigenvalue weighted by atomic mass is 16.1. The lowest BCUT2D eigenvalue weighted by molar-refractivity contribution is -0.115. The number of aldehydes is 1. The van der Waals surface area contributed by atoms with Gasteiger partial charge in [-0.1, -0.05) is 6.08 Å². The van der Waals surface area contributed by atoms with Crippen molar-refractivity contribution in [1.29, 1.82) is 0 Å². The van der Waals surface area contributed by atoms with E-state index >= 15 is 0 Å². The van der Waals surface area contributed by atoms with Gasteiger partial charge in [-0.05, 0) is 6.42 Å². The second-order valence-electron chi connectivity index (χ2n) is 1.55. The monoisotopic (exact) mass is 127 g/mol. The molecule has 3 nitrogen and oxygen atoms in total. The van der Waals surface area contributed by atoms with Crippen LogP contribution in [0.5, 0.6) is 0 Å². The van der Waals surface area contributed by atoms with Crippen LogP contribution in [0.1, 0.15) is 6.42 Å². The molecular weight excluding hydrogens is 118 g/mol. The molecule has 0 aromatic rings. The molecule has 0 heterocycles. The Labute approximate surface area is 53.7 Å². The SMILES string of the molecule is C=CC[C@@H](C=O)NC=O. The van der Waals surface area contributed by atoms with Gasteiger partial charge in [0.1, 0.15) is 6.29 Å². The number of nitrogens with one attached hydrogen (secondary N) is 1. The van der Waals surface area contributed by atoms with Gasteiger partial charge in [-0.2, -0.15) is 0 Å². The minimum Gasteiger partial charge on any atom is -0.349 e. The van der Waals surface area contributed by atoms with Gasteiger partial charge in [0.2, 0.25) is 6.41 Å². The van der Waals surface area contributed by atoms with E-state index in [1.165, 1.54) is 0 Å². The summed E-state index contributed by atoms with van der Waals surface area (Å²) >= 11 is 0. The van der Waals surface area contributed by atoms with Crippen molar-refractivity contribution in [3.63, 3.8) is 0 Å². The molecule has 0 fully saturated rings. The van der Waals surface area contributed by atoms with E-state index in [-0.39, 0.29) is 0 Å². The predicted octanol–water partition coefficient (Wildman–Crippen LogP) is -0.124. The van der Waals surface area contributed by atoms with Crippen LogP contribution in [0.25, 0.3) is 0 Å². The molecule has 3 heteroatoms. The van der Waals surface area contributed by atoms with E-state index in [2.05, 4.69) is 11.9 Å². The normalized spacial score (nSPS) is 11.6. The number of hydrogen-bond acceptors (Lipinski definition) is 2. The molecule has 0 saturated carbocycles. The molecule has 0 aromatic carbocycles. The van der Waals surface area contributed by atoms with E-state index in [0.717, 1.165) is 0 Å². The highest BCUT2D eigenvalue weighted by Gasteiger charge is 1.99. The Bertz CT molecular complexity index is 102. The standard InChI is InChI=1S/C6H9NO2/c1-2-3-6(4-8)7-5-9/h2,4-6H,1,3H2,(H,7,9)/t6-/m0/s1. The third-order valence-corrected chi connectivity index (χ3v) is 0.867. The van der Waals surface area contributed by atoms with E-state index in [1.54, 1.807) is 6.08 Å². The Morgan fingerprint density at radius 1 is 1.56 bits per heavy atom. The van der Waals surface area contributed by atoms with Gasteiger partial charge in [0.05, 0.1) is 6.04 Å². The molecular formula is C6H9NO2. The van der Waals surface area contributed by atoms with Crippen molar-refractivity contribution in [2.75, 3.05) is 0 Å². The third-order valence-electron chi connectivity index (χ3n) is 0.867. The zero-order valence-corrected chi connectivity index (χ0v) is 5.04. The fourth-order valence-corrected chi connectivity index (χ4v) is 0.430. The van der Waals surface area contributed by atoms with E-state index in [1.807, 2.05) is 0 Å². The van der Waals surface area contributed by atoms with Crippen LogP contribution in [0.4, 0.5) is 0 Å². The third kappa shape index (κ3) is 3.46. The van der Waals surface area contributed by atoms with E-state index in [4.69, 9.17) is 0 Å². The molecule has 0 radical (unpaired) electrons. The van der Waals surface area contributed by atoms with Crippen molar-refractivity contribution >= 4 is 12.7 Å². The smallest absolute Gasteiger partial charge is 0.207 e. The number of rotatable bonds is 5.